The molecule has 45 heavy (non-hydrogen) atoms. The normalized spacial score (nSPS) is 13.5. The molecule has 12 nitrogen and oxygen atoms in total. The van der Waals surface area contributed by atoms with Gasteiger partial charge in [0.05, 0.1) is 25.0 Å². The van der Waals surface area contributed by atoms with Crippen LogP contribution in [0.3, 0.4) is 0 Å². The molecule has 2 amide bonds. The summed E-state index contributed by atoms with van der Waals surface area (Å²) in [7, 11) is 1.43. The highest BCUT2D eigenvalue weighted by Gasteiger charge is 2.26. The van der Waals surface area contributed by atoms with Crippen molar-refractivity contribution >= 4 is 45.8 Å². The smallest absolute Gasteiger partial charge is 0.412 e. The van der Waals surface area contributed by atoms with Gasteiger partial charge in [-0.1, -0.05) is 0 Å². The highest BCUT2D eigenvalue weighted by Crippen LogP contribution is 2.39. The van der Waals surface area contributed by atoms with Crippen molar-refractivity contribution in [2.24, 2.45) is 0 Å². The summed E-state index contributed by atoms with van der Waals surface area (Å²) in [5.41, 5.74) is 7.17. The van der Waals surface area contributed by atoms with Gasteiger partial charge in [-0.15, -0.1) is 0 Å². The standard InChI is InChI=1S/C30H33F3N8O4/c1-15-19(11-36-28(44-5)26(15)34)18-8-16-9-22(35-12-20(16)27(25(18)33)38-29(43)45-30(2,3)4)37-23-10-17-6-7-40(13-21(31)32)24(42)14-41(17)39-23/h8-12,21H,6-7,13-14,34H2,1-5H3,(H,38,43)(H,35,37,39). The van der Waals surface area contributed by atoms with Crippen molar-refractivity contribution in [3.05, 3.63) is 47.7 Å². The Labute approximate surface area is 256 Å². The van der Waals surface area contributed by atoms with Gasteiger partial charge in [0, 0.05) is 53.6 Å². The molecule has 0 unspecified atom stereocenters. The number of nitrogens with one attached hydrogen (secondary N) is 2. The van der Waals surface area contributed by atoms with Crippen LogP contribution in [0.15, 0.2) is 30.6 Å². The minimum absolute atomic E-state index is 0.116. The van der Waals surface area contributed by atoms with Crippen LogP contribution in [-0.4, -0.2) is 68.9 Å². The van der Waals surface area contributed by atoms with Crippen LogP contribution in [0.1, 0.15) is 32.0 Å². The minimum atomic E-state index is -2.62. The number of nitrogens with two attached hydrogens (primary N) is 1. The summed E-state index contributed by atoms with van der Waals surface area (Å²) in [6.07, 6.45) is -0.288. The molecule has 3 aromatic heterocycles. The first-order valence-electron chi connectivity index (χ1n) is 14.1. The monoisotopic (exact) mass is 626 g/mol. The van der Waals surface area contributed by atoms with E-state index in [1.807, 2.05) is 0 Å². The Kier molecular flexibility index (Phi) is 8.45. The Morgan fingerprint density at radius 2 is 1.89 bits per heavy atom. The summed E-state index contributed by atoms with van der Waals surface area (Å²) >= 11 is 0. The van der Waals surface area contributed by atoms with Crippen LogP contribution in [0.2, 0.25) is 0 Å². The van der Waals surface area contributed by atoms with Gasteiger partial charge in [0.15, 0.2) is 11.6 Å². The fraction of sp³-hybridized carbons (Fsp3) is 0.367. The lowest BCUT2D eigenvalue weighted by atomic mass is 9.97. The number of carbonyl (C=O) groups excluding carboxylic acids is 2. The van der Waals surface area contributed by atoms with Crippen LogP contribution in [0.25, 0.3) is 21.9 Å². The van der Waals surface area contributed by atoms with Crippen molar-refractivity contribution in [3.8, 4) is 17.0 Å². The number of amides is 2. The molecule has 0 saturated heterocycles. The molecule has 5 rings (SSSR count). The van der Waals surface area contributed by atoms with Crippen LogP contribution in [0.5, 0.6) is 5.88 Å². The second kappa shape index (κ2) is 12.1. The number of alkyl halides is 2. The van der Waals surface area contributed by atoms with Crippen molar-refractivity contribution in [3.63, 3.8) is 0 Å². The van der Waals surface area contributed by atoms with E-state index in [0.29, 0.717) is 45.6 Å². The van der Waals surface area contributed by atoms with Gasteiger partial charge in [-0.25, -0.2) is 27.9 Å². The maximum atomic E-state index is 16.2. The summed E-state index contributed by atoms with van der Waals surface area (Å²) < 4.78 is 54.0. The molecule has 0 spiro atoms. The van der Waals surface area contributed by atoms with Crippen LogP contribution >= 0.6 is 0 Å². The van der Waals surface area contributed by atoms with E-state index in [1.165, 1.54) is 24.2 Å². The Morgan fingerprint density at radius 3 is 2.58 bits per heavy atom. The molecule has 15 heteroatoms. The van der Waals surface area contributed by atoms with E-state index in [-0.39, 0.29) is 35.9 Å². The second-order valence-electron chi connectivity index (χ2n) is 11.5. The molecular weight excluding hydrogens is 593 g/mol. The zero-order chi connectivity index (χ0) is 32.6. The third-order valence-electron chi connectivity index (χ3n) is 7.17. The van der Waals surface area contributed by atoms with Crippen LogP contribution in [0, 0.1) is 12.7 Å². The number of nitrogens with zero attached hydrogens (tertiary/aromatic N) is 5. The lowest BCUT2D eigenvalue weighted by molar-refractivity contribution is -0.133. The molecule has 1 aromatic carbocycles. The van der Waals surface area contributed by atoms with Crippen molar-refractivity contribution in [2.75, 3.05) is 36.6 Å². The van der Waals surface area contributed by atoms with Gasteiger partial charge in [-0.05, 0) is 50.8 Å². The lowest BCUT2D eigenvalue weighted by Crippen LogP contribution is -2.36. The third kappa shape index (κ3) is 6.71. The molecule has 0 saturated carbocycles. The number of hydrogen-bond acceptors (Lipinski definition) is 9. The van der Waals surface area contributed by atoms with Gasteiger partial charge >= 0.3 is 6.09 Å². The number of pyridine rings is 2. The number of anilines is 4. The Morgan fingerprint density at radius 1 is 1.13 bits per heavy atom. The lowest BCUT2D eigenvalue weighted by Gasteiger charge is -2.21. The number of hydrogen-bond donors (Lipinski definition) is 3. The topological polar surface area (TPSA) is 150 Å². The van der Waals surface area contributed by atoms with Crippen LogP contribution in [-0.2, 0) is 22.5 Å². The molecule has 0 aliphatic carbocycles. The second-order valence-corrected chi connectivity index (χ2v) is 11.5. The predicted octanol–water partition coefficient (Wildman–Crippen LogP) is 5.27. The Balaban J connectivity index is 1.53. The van der Waals surface area contributed by atoms with Gasteiger partial charge in [-0.2, -0.15) is 5.10 Å². The van der Waals surface area contributed by atoms with Crippen molar-refractivity contribution in [1.82, 2.24) is 24.6 Å². The molecule has 1 aliphatic rings. The molecule has 0 bridgehead atoms. The first-order valence-corrected chi connectivity index (χ1v) is 14.1. The number of halogens is 3. The van der Waals surface area contributed by atoms with Gasteiger partial charge in [0.2, 0.25) is 11.8 Å². The summed E-state index contributed by atoms with van der Waals surface area (Å²) in [4.78, 5) is 35.0. The first-order chi connectivity index (χ1) is 21.2. The van der Waals surface area contributed by atoms with E-state index < -0.39 is 36.4 Å². The zero-order valence-corrected chi connectivity index (χ0v) is 25.4. The molecule has 0 atom stereocenters. The van der Waals surface area contributed by atoms with Crippen LogP contribution in [0.4, 0.5) is 41.0 Å². The van der Waals surface area contributed by atoms with E-state index in [9.17, 15) is 18.4 Å². The number of methoxy groups -OCH3 is 1. The largest absolute Gasteiger partial charge is 0.480 e. The number of carbonyl (C=O) groups is 2. The number of ether oxygens (including phenoxy) is 2. The number of fused-ring (bicyclic) bond motifs is 2. The van der Waals surface area contributed by atoms with E-state index in [0.717, 1.165) is 4.90 Å². The molecule has 238 valence electrons. The number of aromatic nitrogens is 4. The highest BCUT2D eigenvalue weighted by molar-refractivity contribution is 6.04. The van der Waals surface area contributed by atoms with E-state index in [1.54, 1.807) is 45.9 Å². The summed E-state index contributed by atoms with van der Waals surface area (Å²) in [5.74, 6) is -0.275. The number of benzene rings is 1. The predicted molar refractivity (Wildman–Crippen MR) is 162 cm³/mol. The molecule has 4 N–H and O–H groups in total. The molecule has 1 aliphatic heterocycles. The zero-order valence-electron chi connectivity index (χ0n) is 25.4. The van der Waals surface area contributed by atoms with Crippen molar-refractivity contribution < 1.29 is 32.2 Å². The average Bonchev–Trinajstić information content (AvgIpc) is 3.26. The minimum Gasteiger partial charge on any atom is -0.480 e. The SMILES string of the molecule is COc1ncc(-c2cc3cc(Nc4cc5n(n4)CC(=O)N(CC(F)F)CC5)ncc3c(NC(=O)OC(C)(C)C)c2F)c(C)c1N. The van der Waals surface area contributed by atoms with Gasteiger partial charge in [0.1, 0.15) is 18.0 Å². The molecular formula is C30H33F3N8O4. The average molecular weight is 627 g/mol. The Hall–Kier alpha value is -5.08. The fourth-order valence-corrected chi connectivity index (χ4v) is 5.04. The molecule has 4 heterocycles. The number of rotatable bonds is 7. The fourth-order valence-electron chi connectivity index (χ4n) is 5.04. The van der Waals surface area contributed by atoms with Crippen molar-refractivity contribution in [1.29, 1.82) is 0 Å². The van der Waals surface area contributed by atoms with Gasteiger partial charge in [0.25, 0.3) is 6.43 Å². The highest BCUT2D eigenvalue weighted by atomic mass is 19.3. The van der Waals surface area contributed by atoms with Crippen LogP contribution < -0.4 is 21.1 Å². The molecule has 0 radical (unpaired) electrons. The Bertz CT molecular complexity index is 1790. The molecule has 4 aromatic rings. The van der Waals surface area contributed by atoms with Gasteiger partial charge < -0.3 is 25.4 Å². The summed E-state index contributed by atoms with van der Waals surface area (Å²) in [6.45, 7) is 6.13. The summed E-state index contributed by atoms with van der Waals surface area (Å²) in [6, 6.07) is 4.95. The van der Waals surface area contributed by atoms with E-state index in [4.69, 9.17) is 15.2 Å². The maximum absolute atomic E-state index is 16.2. The summed E-state index contributed by atoms with van der Waals surface area (Å²) in [5, 5.41) is 10.8. The number of nitrogen functional groups attached to an aromatic ring is 1. The first kappa shape index (κ1) is 31.3. The van der Waals surface area contributed by atoms with Crippen molar-refractivity contribution in [2.45, 2.75) is 52.7 Å². The van der Waals surface area contributed by atoms with E-state index in [2.05, 4.69) is 25.7 Å². The maximum Gasteiger partial charge on any atom is 0.412 e. The van der Waals surface area contributed by atoms with Gasteiger partial charge in [-0.3, -0.25) is 14.8 Å². The van der Waals surface area contributed by atoms with E-state index >= 15 is 4.39 Å². The quantitative estimate of drug-likeness (QED) is 0.249. The third-order valence-corrected chi connectivity index (χ3v) is 7.17. The molecule has 0 fully saturated rings.